The van der Waals surface area contributed by atoms with Crippen molar-refractivity contribution >= 4 is 11.6 Å². The molecule has 22 heavy (non-hydrogen) atoms. The molecule has 1 aliphatic heterocycles. The first-order valence-corrected chi connectivity index (χ1v) is 7.17. The number of fused-ring (bicyclic) bond motifs is 1. The maximum absolute atomic E-state index is 14.3. The summed E-state index contributed by atoms with van der Waals surface area (Å²) >= 11 is 0. The molecule has 1 aliphatic rings. The standard InChI is InChI=1S/C17H20FNO3/c1-17(2,10-20)7-6-11-8-13(18)12-4-5-15(21)16(22)19(3)14(12)9-11/h8-9,15,20-21H,4-5,10H2,1-3H3. The summed E-state index contributed by atoms with van der Waals surface area (Å²) in [5, 5.41) is 18.9. The van der Waals surface area contributed by atoms with E-state index in [9.17, 15) is 19.4 Å². The van der Waals surface area contributed by atoms with Gasteiger partial charge < -0.3 is 15.1 Å². The van der Waals surface area contributed by atoms with Crippen LogP contribution >= 0.6 is 0 Å². The first kappa shape index (κ1) is 16.5. The van der Waals surface area contributed by atoms with E-state index in [0.717, 1.165) is 0 Å². The highest BCUT2D eigenvalue weighted by Crippen LogP contribution is 2.29. The lowest BCUT2D eigenvalue weighted by atomic mass is 9.95. The van der Waals surface area contributed by atoms with E-state index in [4.69, 9.17) is 0 Å². The van der Waals surface area contributed by atoms with Crippen LogP contribution < -0.4 is 4.90 Å². The number of benzene rings is 1. The van der Waals surface area contributed by atoms with E-state index < -0.39 is 23.2 Å². The Labute approximate surface area is 129 Å². The summed E-state index contributed by atoms with van der Waals surface area (Å²) in [5.41, 5.74) is 0.710. The van der Waals surface area contributed by atoms with E-state index >= 15 is 0 Å². The average Bonchev–Trinajstić information content (AvgIpc) is 2.59. The average molecular weight is 305 g/mol. The van der Waals surface area contributed by atoms with Crippen molar-refractivity contribution in [3.63, 3.8) is 0 Å². The van der Waals surface area contributed by atoms with Gasteiger partial charge in [-0.05, 0) is 38.8 Å². The third kappa shape index (κ3) is 3.29. The van der Waals surface area contributed by atoms with Gasteiger partial charge in [-0.1, -0.05) is 11.8 Å². The van der Waals surface area contributed by atoms with Gasteiger partial charge in [-0.3, -0.25) is 4.79 Å². The fourth-order valence-corrected chi connectivity index (χ4v) is 2.27. The summed E-state index contributed by atoms with van der Waals surface area (Å²) in [6, 6.07) is 2.98. The van der Waals surface area contributed by atoms with Gasteiger partial charge in [0.15, 0.2) is 0 Å². The van der Waals surface area contributed by atoms with E-state index in [1.807, 2.05) is 0 Å². The monoisotopic (exact) mass is 305 g/mol. The number of aliphatic hydroxyl groups is 2. The molecule has 0 aromatic heterocycles. The highest BCUT2D eigenvalue weighted by molar-refractivity contribution is 5.97. The summed E-state index contributed by atoms with van der Waals surface area (Å²) < 4.78 is 14.3. The molecular formula is C17H20FNO3. The predicted molar refractivity (Wildman–Crippen MR) is 81.9 cm³/mol. The highest BCUT2D eigenvalue weighted by atomic mass is 19.1. The van der Waals surface area contributed by atoms with Crippen LogP contribution in [-0.4, -0.2) is 35.9 Å². The number of hydrogen-bond donors (Lipinski definition) is 2. The SMILES string of the molecule is CN1C(=O)C(O)CCc2c(F)cc(C#CC(C)(C)CO)cc21. The number of amides is 1. The number of nitrogens with zero attached hydrogens (tertiary/aromatic N) is 1. The number of carbonyl (C=O) groups excluding carboxylic acids is 1. The molecule has 2 rings (SSSR count). The molecule has 0 fully saturated rings. The number of halogens is 1. The molecule has 1 unspecified atom stereocenters. The van der Waals surface area contributed by atoms with Crippen molar-refractivity contribution < 1.29 is 19.4 Å². The number of rotatable bonds is 1. The minimum Gasteiger partial charge on any atom is -0.395 e. The molecule has 1 amide bonds. The maximum atomic E-state index is 14.3. The molecule has 2 N–H and O–H groups in total. The lowest BCUT2D eigenvalue weighted by molar-refractivity contribution is -0.126. The Hall–Kier alpha value is -1.90. The van der Waals surface area contributed by atoms with Gasteiger partial charge in [0.2, 0.25) is 0 Å². The van der Waals surface area contributed by atoms with E-state index in [1.165, 1.54) is 18.0 Å². The van der Waals surface area contributed by atoms with Crippen molar-refractivity contribution in [1.82, 2.24) is 0 Å². The zero-order valence-corrected chi connectivity index (χ0v) is 13.0. The zero-order valence-electron chi connectivity index (χ0n) is 13.0. The smallest absolute Gasteiger partial charge is 0.255 e. The van der Waals surface area contributed by atoms with Gasteiger partial charge in [-0.25, -0.2) is 4.39 Å². The largest absolute Gasteiger partial charge is 0.395 e. The molecule has 1 aromatic carbocycles. The van der Waals surface area contributed by atoms with Gasteiger partial charge in [-0.15, -0.1) is 0 Å². The quantitative estimate of drug-likeness (QED) is 0.772. The number of hydrogen-bond acceptors (Lipinski definition) is 3. The van der Waals surface area contributed by atoms with Gasteiger partial charge in [0.25, 0.3) is 5.91 Å². The van der Waals surface area contributed by atoms with Crippen LogP contribution in [0.25, 0.3) is 0 Å². The van der Waals surface area contributed by atoms with Crippen LogP contribution in [0.5, 0.6) is 0 Å². The van der Waals surface area contributed by atoms with Crippen LogP contribution in [0.4, 0.5) is 10.1 Å². The van der Waals surface area contributed by atoms with Gasteiger partial charge in [-0.2, -0.15) is 0 Å². The first-order valence-electron chi connectivity index (χ1n) is 7.17. The normalized spacial score (nSPS) is 18.4. The van der Waals surface area contributed by atoms with Crippen LogP contribution in [0.1, 0.15) is 31.4 Å². The third-order valence-corrected chi connectivity index (χ3v) is 3.76. The minimum atomic E-state index is -1.11. The number of carbonyl (C=O) groups is 1. The third-order valence-electron chi connectivity index (χ3n) is 3.76. The van der Waals surface area contributed by atoms with Gasteiger partial charge in [0, 0.05) is 23.6 Å². The van der Waals surface area contributed by atoms with Crippen molar-refractivity contribution in [2.75, 3.05) is 18.6 Å². The Bertz CT molecular complexity index is 658. The molecule has 4 nitrogen and oxygen atoms in total. The summed E-state index contributed by atoms with van der Waals surface area (Å²) in [7, 11) is 1.52. The molecule has 0 saturated heterocycles. The molecule has 0 radical (unpaired) electrons. The Balaban J connectivity index is 2.48. The Morgan fingerprint density at radius 1 is 1.45 bits per heavy atom. The fraction of sp³-hybridized carbons (Fsp3) is 0.471. The van der Waals surface area contributed by atoms with Crippen LogP contribution in [-0.2, 0) is 11.2 Å². The predicted octanol–water partition coefficient (Wildman–Crippen LogP) is 1.47. The van der Waals surface area contributed by atoms with Gasteiger partial charge in [0.1, 0.15) is 11.9 Å². The number of anilines is 1. The summed E-state index contributed by atoms with van der Waals surface area (Å²) in [6.07, 6.45) is -0.608. The first-order chi connectivity index (χ1) is 10.2. The molecule has 0 aliphatic carbocycles. The minimum absolute atomic E-state index is 0.0992. The maximum Gasteiger partial charge on any atom is 0.255 e. The van der Waals surface area contributed by atoms with Crippen LogP contribution in [0.15, 0.2) is 12.1 Å². The molecule has 5 heteroatoms. The number of aliphatic hydroxyl groups excluding tert-OH is 2. The van der Waals surface area contributed by atoms with Crippen molar-refractivity contribution in [2.45, 2.75) is 32.8 Å². The fourth-order valence-electron chi connectivity index (χ4n) is 2.27. The lowest BCUT2D eigenvalue weighted by Crippen LogP contribution is -2.35. The molecule has 1 atom stereocenters. The second kappa shape index (κ2) is 6.07. The Morgan fingerprint density at radius 2 is 2.14 bits per heavy atom. The van der Waals surface area contributed by atoms with Crippen molar-refractivity contribution in [3.8, 4) is 11.8 Å². The van der Waals surface area contributed by atoms with Crippen molar-refractivity contribution in [2.24, 2.45) is 5.41 Å². The molecule has 1 aromatic rings. The van der Waals surface area contributed by atoms with E-state index in [1.54, 1.807) is 19.9 Å². The van der Waals surface area contributed by atoms with Crippen molar-refractivity contribution in [3.05, 3.63) is 29.1 Å². The van der Waals surface area contributed by atoms with E-state index in [-0.39, 0.29) is 13.0 Å². The second-order valence-electron chi connectivity index (χ2n) is 6.20. The highest BCUT2D eigenvalue weighted by Gasteiger charge is 2.28. The second-order valence-corrected chi connectivity index (χ2v) is 6.20. The topological polar surface area (TPSA) is 60.8 Å². The van der Waals surface area contributed by atoms with E-state index in [2.05, 4.69) is 11.8 Å². The van der Waals surface area contributed by atoms with Gasteiger partial charge >= 0.3 is 0 Å². The van der Waals surface area contributed by atoms with E-state index in [0.29, 0.717) is 23.2 Å². The van der Waals surface area contributed by atoms with Crippen LogP contribution in [0, 0.1) is 23.1 Å². The summed E-state index contributed by atoms with van der Waals surface area (Å²) in [6.45, 7) is 3.47. The molecule has 1 heterocycles. The Kier molecular flexibility index (Phi) is 4.55. The molecular weight excluding hydrogens is 285 g/mol. The zero-order chi connectivity index (χ0) is 16.5. The van der Waals surface area contributed by atoms with Gasteiger partial charge in [0.05, 0.1) is 12.3 Å². The van der Waals surface area contributed by atoms with Crippen molar-refractivity contribution in [1.29, 1.82) is 0 Å². The summed E-state index contributed by atoms with van der Waals surface area (Å²) in [4.78, 5) is 13.3. The Morgan fingerprint density at radius 3 is 2.77 bits per heavy atom. The molecule has 0 spiro atoms. The molecule has 0 saturated carbocycles. The number of likely N-dealkylation sites (N-methyl/N-ethyl adjacent to an activating group) is 1. The summed E-state index contributed by atoms with van der Waals surface area (Å²) in [5.74, 6) is 4.85. The van der Waals surface area contributed by atoms with Crippen LogP contribution in [0.3, 0.4) is 0 Å². The van der Waals surface area contributed by atoms with Crippen LogP contribution in [0.2, 0.25) is 0 Å². The molecule has 118 valence electrons. The lowest BCUT2D eigenvalue weighted by Gasteiger charge is -2.19. The molecule has 0 bridgehead atoms.